The second kappa shape index (κ2) is 8.60. The van der Waals surface area contributed by atoms with Gasteiger partial charge in [0.1, 0.15) is 6.10 Å². The van der Waals surface area contributed by atoms with Crippen LogP contribution >= 0.6 is 0 Å². The Morgan fingerprint density at radius 3 is 2.46 bits per heavy atom. The average Bonchev–Trinajstić information content (AvgIpc) is 2.51. The van der Waals surface area contributed by atoms with E-state index in [0.29, 0.717) is 12.3 Å². The van der Waals surface area contributed by atoms with Gasteiger partial charge in [-0.3, -0.25) is 4.79 Å². The number of ether oxygens (including phenoxy) is 1. The molecule has 0 aliphatic carbocycles. The molecule has 1 aromatic carbocycles. The largest absolute Gasteiger partial charge is 0.369 e. The Kier molecular flexibility index (Phi) is 7.38. The number of anilines is 1. The third-order valence-electron chi connectivity index (χ3n) is 3.91. The number of carbonyl (C=O) groups is 1. The molecular formula is C17H28N2O4S. The van der Waals surface area contributed by atoms with Crippen molar-refractivity contribution in [3.05, 3.63) is 23.3 Å². The van der Waals surface area contributed by atoms with Crippen molar-refractivity contribution in [2.24, 2.45) is 0 Å². The minimum absolute atomic E-state index is 0.158. The van der Waals surface area contributed by atoms with Gasteiger partial charge in [-0.1, -0.05) is 13.3 Å². The summed E-state index contributed by atoms with van der Waals surface area (Å²) in [6.45, 7) is 7.93. The summed E-state index contributed by atoms with van der Waals surface area (Å²) in [4.78, 5) is 12.4. The summed E-state index contributed by atoms with van der Waals surface area (Å²) in [7, 11) is -0.604. The lowest BCUT2D eigenvalue weighted by Gasteiger charge is -2.18. The van der Waals surface area contributed by atoms with Crippen LogP contribution in [-0.4, -0.2) is 45.4 Å². The van der Waals surface area contributed by atoms with Crippen LogP contribution in [0.1, 0.15) is 37.8 Å². The number of hydrogen-bond acceptors (Lipinski definition) is 4. The third kappa shape index (κ3) is 5.03. The molecular weight excluding hydrogens is 328 g/mol. The first-order valence-corrected chi connectivity index (χ1v) is 9.51. The molecule has 7 heteroatoms. The first-order chi connectivity index (χ1) is 11.1. The molecule has 1 unspecified atom stereocenters. The van der Waals surface area contributed by atoms with Crippen molar-refractivity contribution in [3.63, 3.8) is 0 Å². The summed E-state index contributed by atoms with van der Waals surface area (Å²) < 4.78 is 31.3. The number of sulfonamides is 1. The Labute approximate surface area is 145 Å². The molecule has 0 heterocycles. The van der Waals surface area contributed by atoms with Crippen LogP contribution in [0.4, 0.5) is 5.69 Å². The molecule has 0 aliphatic heterocycles. The van der Waals surface area contributed by atoms with Crippen LogP contribution in [0.15, 0.2) is 17.0 Å². The first kappa shape index (κ1) is 20.6. The average molecular weight is 356 g/mol. The highest BCUT2D eigenvalue weighted by molar-refractivity contribution is 7.89. The number of hydrogen-bond donors (Lipinski definition) is 1. The molecule has 1 atom stereocenters. The van der Waals surface area contributed by atoms with Crippen molar-refractivity contribution in [1.82, 2.24) is 4.31 Å². The molecule has 0 saturated carbocycles. The lowest BCUT2D eigenvalue weighted by atomic mass is 10.1. The van der Waals surface area contributed by atoms with Gasteiger partial charge < -0.3 is 10.1 Å². The minimum Gasteiger partial charge on any atom is -0.369 e. The summed E-state index contributed by atoms with van der Waals surface area (Å²) >= 11 is 0. The molecule has 0 bridgehead atoms. The van der Waals surface area contributed by atoms with E-state index in [-0.39, 0.29) is 10.8 Å². The van der Waals surface area contributed by atoms with Gasteiger partial charge in [0.05, 0.1) is 4.90 Å². The molecule has 0 aliphatic rings. The van der Waals surface area contributed by atoms with E-state index in [9.17, 15) is 13.2 Å². The van der Waals surface area contributed by atoms with Gasteiger partial charge in [0, 0.05) is 26.4 Å². The third-order valence-corrected chi connectivity index (χ3v) is 5.71. The number of benzene rings is 1. The van der Waals surface area contributed by atoms with Crippen molar-refractivity contribution in [3.8, 4) is 0 Å². The summed E-state index contributed by atoms with van der Waals surface area (Å²) in [6.07, 6.45) is 1.30. The van der Waals surface area contributed by atoms with Gasteiger partial charge in [-0.05, 0) is 50.5 Å². The zero-order chi connectivity index (χ0) is 18.5. The van der Waals surface area contributed by atoms with Crippen LogP contribution in [-0.2, 0) is 19.6 Å². The quantitative estimate of drug-likeness (QED) is 0.727. The van der Waals surface area contributed by atoms with E-state index in [2.05, 4.69) is 12.2 Å². The number of amides is 1. The van der Waals surface area contributed by atoms with Gasteiger partial charge in [0.15, 0.2) is 0 Å². The summed E-state index contributed by atoms with van der Waals surface area (Å²) in [5.74, 6) is -0.284. The minimum atomic E-state index is -3.56. The van der Waals surface area contributed by atoms with Crippen molar-refractivity contribution in [2.45, 2.75) is 51.5 Å². The zero-order valence-corrected chi connectivity index (χ0v) is 16.2. The molecule has 136 valence electrons. The Hall–Kier alpha value is -1.44. The van der Waals surface area contributed by atoms with Gasteiger partial charge in [0.2, 0.25) is 10.0 Å². The second-order valence-corrected chi connectivity index (χ2v) is 8.21. The molecule has 1 amide bonds. The van der Waals surface area contributed by atoms with Crippen molar-refractivity contribution in [2.75, 3.05) is 26.0 Å². The maximum atomic E-state index is 12.3. The Morgan fingerprint density at radius 2 is 1.92 bits per heavy atom. The predicted octanol–water partition coefficient (Wildman–Crippen LogP) is 2.70. The number of aryl methyl sites for hydroxylation is 1. The van der Waals surface area contributed by atoms with Crippen LogP contribution in [0.5, 0.6) is 0 Å². The molecule has 0 fully saturated rings. The summed E-state index contributed by atoms with van der Waals surface area (Å²) in [5.41, 5.74) is 2.13. The first-order valence-electron chi connectivity index (χ1n) is 8.07. The number of nitrogens with one attached hydrogen (secondary N) is 1. The lowest BCUT2D eigenvalue weighted by molar-refractivity contribution is -0.126. The van der Waals surface area contributed by atoms with E-state index in [4.69, 9.17) is 4.74 Å². The normalized spacial score (nSPS) is 13.1. The van der Waals surface area contributed by atoms with E-state index in [1.165, 1.54) is 20.2 Å². The molecule has 1 rings (SSSR count). The van der Waals surface area contributed by atoms with E-state index >= 15 is 0 Å². The summed E-state index contributed by atoms with van der Waals surface area (Å²) in [6, 6.07) is 3.11. The highest BCUT2D eigenvalue weighted by Gasteiger charge is 2.21. The fourth-order valence-electron chi connectivity index (χ4n) is 2.03. The SMILES string of the molecule is CCCCOC(C)C(=O)Nc1cc(S(=O)(=O)N(C)C)cc(C)c1C. The topological polar surface area (TPSA) is 75.7 Å². The monoisotopic (exact) mass is 356 g/mol. The van der Waals surface area contributed by atoms with Crippen molar-refractivity contribution < 1.29 is 17.9 Å². The zero-order valence-electron chi connectivity index (χ0n) is 15.3. The molecule has 0 radical (unpaired) electrons. The standard InChI is InChI=1S/C17H28N2O4S/c1-7-8-9-23-14(4)17(20)18-16-11-15(10-12(2)13(16)3)24(21,22)19(5)6/h10-11,14H,7-9H2,1-6H3,(H,18,20). The van der Waals surface area contributed by atoms with Crippen LogP contribution < -0.4 is 5.32 Å². The number of carbonyl (C=O) groups excluding carboxylic acids is 1. The predicted molar refractivity (Wildman–Crippen MR) is 95.7 cm³/mol. The van der Waals surface area contributed by atoms with Crippen molar-refractivity contribution in [1.29, 1.82) is 0 Å². The fourth-order valence-corrected chi connectivity index (χ4v) is 3.04. The van der Waals surface area contributed by atoms with Gasteiger partial charge in [-0.15, -0.1) is 0 Å². The van der Waals surface area contributed by atoms with E-state index in [0.717, 1.165) is 28.3 Å². The molecule has 6 nitrogen and oxygen atoms in total. The molecule has 1 N–H and O–H groups in total. The maximum absolute atomic E-state index is 12.3. The molecule has 0 aromatic heterocycles. The van der Waals surface area contributed by atoms with E-state index in [1.54, 1.807) is 13.0 Å². The Bertz CT molecular complexity index is 684. The van der Waals surface area contributed by atoms with Crippen LogP contribution in [0, 0.1) is 13.8 Å². The second-order valence-electron chi connectivity index (χ2n) is 6.06. The molecule has 0 saturated heterocycles. The van der Waals surface area contributed by atoms with Gasteiger partial charge >= 0.3 is 0 Å². The van der Waals surface area contributed by atoms with Crippen LogP contribution in [0.2, 0.25) is 0 Å². The molecule has 1 aromatic rings. The highest BCUT2D eigenvalue weighted by Crippen LogP contribution is 2.25. The van der Waals surface area contributed by atoms with E-state index < -0.39 is 16.1 Å². The van der Waals surface area contributed by atoms with Crippen molar-refractivity contribution >= 4 is 21.6 Å². The molecule has 24 heavy (non-hydrogen) atoms. The van der Waals surface area contributed by atoms with Crippen LogP contribution in [0.3, 0.4) is 0 Å². The molecule has 0 spiro atoms. The number of nitrogens with zero attached hydrogens (tertiary/aromatic N) is 1. The fraction of sp³-hybridized carbons (Fsp3) is 0.588. The smallest absolute Gasteiger partial charge is 0.253 e. The van der Waals surface area contributed by atoms with Crippen LogP contribution in [0.25, 0.3) is 0 Å². The van der Waals surface area contributed by atoms with Gasteiger partial charge in [0.25, 0.3) is 5.91 Å². The Morgan fingerprint density at radius 1 is 1.29 bits per heavy atom. The van der Waals surface area contributed by atoms with Gasteiger partial charge in [-0.2, -0.15) is 0 Å². The summed E-state index contributed by atoms with van der Waals surface area (Å²) in [5, 5.41) is 2.78. The van der Waals surface area contributed by atoms with Gasteiger partial charge in [-0.25, -0.2) is 12.7 Å². The number of unbranched alkanes of at least 4 members (excludes halogenated alkanes) is 1. The van der Waals surface area contributed by atoms with E-state index in [1.807, 2.05) is 13.8 Å². The Balaban J connectivity index is 3.04. The number of rotatable bonds is 8. The lowest BCUT2D eigenvalue weighted by Crippen LogP contribution is -2.29. The maximum Gasteiger partial charge on any atom is 0.253 e. The highest BCUT2D eigenvalue weighted by atomic mass is 32.2.